The maximum atomic E-state index is 10.9. The van der Waals surface area contributed by atoms with Gasteiger partial charge in [-0.15, -0.1) is 0 Å². The molecule has 0 saturated heterocycles. The van der Waals surface area contributed by atoms with E-state index >= 15 is 0 Å². The SMILES string of the molecule is CCCCCCCCCC(CN=C=S)C(=O)O. The van der Waals surface area contributed by atoms with Crippen LogP contribution in [0.15, 0.2) is 4.99 Å². The van der Waals surface area contributed by atoms with Crippen molar-refractivity contribution in [3.8, 4) is 0 Å². The van der Waals surface area contributed by atoms with Gasteiger partial charge in [0.05, 0.1) is 17.6 Å². The van der Waals surface area contributed by atoms with Crippen LogP contribution in [0.3, 0.4) is 0 Å². The number of carboxylic acids is 1. The van der Waals surface area contributed by atoms with Crippen LogP contribution in [-0.2, 0) is 4.79 Å². The molecule has 17 heavy (non-hydrogen) atoms. The van der Waals surface area contributed by atoms with Gasteiger partial charge in [0.15, 0.2) is 0 Å². The molecular formula is C13H23NO2S. The first-order chi connectivity index (χ1) is 8.22. The van der Waals surface area contributed by atoms with Crippen LogP contribution in [0, 0.1) is 5.92 Å². The second kappa shape index (κ2) is 11.7. The van der Waals surface area contributed by atoms with Gasteiger partial charge in [0.25, 0.3) is 0 Å². The van der Waals surface area contributed by atoms with Crippen LogP contribution >= 0.6 is 12.2 Å². The van der Waals surface area contributed by atoms with Crippen molar-refractivity contribution in [3.05, 3.63) is 0 Å². The molecule has 98 valence electrons. The third-order valence-corrected chi connectivity index (χ3v) is 3.01. The minimum Gasteiger partial charge on any atom is -0.481 e. The van der Waals surface area contributed by atoms with Gasteiger partial charge < -0.3 is 5.11 Å². The zero-order valence-electron chi connectivity index (χ0n) is 10.7. The zero-order valence-corrected chi connectivity index (χ0v) is 11.5. The number of thiocarbonyl (C=S) groups is 1. The van der Waals surface area contributed by atoms with Gasteiger partial charge >= 0.3 is 5.97 Å². The largest absolute Gasteiger partial charge is 0.481 e. The zero-order chi connectivity index (χ0) is 12.9. The maximum absolute atomic E-state index is 10.9. The number of carbonyl (C=O) groups is 1. The summed E-state index contributed by atoms with van der Waals surface area (Å²) in [4.78, 5) is 14.6. The summed E-state index contributed by atoms with van der Waals surface area (Å²) in [5.74, 6) is -1.16. The van der Waals surface area contributed by atoms with Crippen molar-refractivity contribution in [1.29, 1.82) is 0 Å². The third kappa shape index (κ3) is 10.2. The molecule has 1 unspecified atom stereocenters. The molecule has 3 nitrogen and oxygen atoms in total. The van der Waals surface area contributed by atoms with Crippen molar-refractivity contribution in [2.45, 2.75) is 58.3 Å². The van der Waals surface area contributed by atoms with E-state index in [1.165, 1.54) is 32.1 Å². The highest BCUT2D eigenvalue weighted by Gasteiger charge is 2.15. The Bertz CT molecular complexity index is 250. The summed E-state index contributed by atoms with van der Waals surface area (Å²) < 4.78 is 0. The van der Waals surface area contributed by atoms with Crippen LogP contribution in [0.1, 0.15) is 58.3 Å². The van der Waals surface area contributed by atoms with Gasteiger partial charge in [-0.25, -0.2) is 4.99 Å². The molecule has 1 N–H and O–H groups in total. The van der Waals surface area contributed by atoms with Gasteiger partial charge in [-0.05, 0) is 18.6 Å². The smallest absolute Gasteiger partial charge is 0.308 e. The molecule has 0 radical (unpaired) electrons. The molecule has 0 spiro atoms. The lowest BCUT2D eigenvalue weighted by atomic mass is 10.0. The van der Waals surface area contributed by atoms with E-state index in [9.17, 15) is 4.79 Å². The van der Waals surface area contributed by atoms with Crippen LogP contribution in [0.2, 0.25) is 0 Å². The quantitative estimate of drug-likeness (QED) is 0.346. The third-order valence-electron chi connectivity index (χ3n) is 2.88. The average Bonchev–Trinajstić information content (AvgIpc) is 2.31. The molecule has 0 saturated carbocycles. The Kier molecular flexibility index (Phi) is 11.2. The second-order valence-corrected chi connectivity index (χ2v) is 4.56. The van der Waals surface area contributed by atoms with Gasteiger partial charge in [-0.1, -0.05) is 51.9 Å². The number of unbranched alkanes of at least 4 members (excludes halogenated alkanes) is 6. The first kappa shape index (κ1) is 16.3. The summed E-state index contributed by atoms with van der Waals surface area (Å²) in [6, 6.07) is 0. The molecule has 0 aromatic heterocycles. The van der Waals surface area contributed by atoms with Gasteiger partial charge in [0, 0.05) is 0 Å². The van der Waals surface area contributed by atoms with E-state index in [2.05, 4.69) is 29.3 Å². The van der Waals surface area contributed by atoms with Crippen molar-refractivity contribution in [1.82, 2.24) is 0 Å². The van der Waals surface area contributed by atoms with Crippen LogP contribution in [0.5, 0.6) is 0 Å². The lowest BCUT2D eigenvalue weighted by Gasteiger charge is -2.08. The van der Waals surface area contributed by atoms with E-state index < -0.39 is 5.97 Å². The van der Waals surface area contributed by atoms with Gasteiger partial charge in [0.2, 0.25) is 0 Å². The van der Waals surface area contributed by atoms with Crippen LogP contribution < -0.4 is 0 Å². The van der Waals surface area contributed by atoms with Crippen molar-refractivity contribution < 1.29 is 9.90 Å². The van der Waals surface area contributed by atoms with Crippen molar-refractivity contribution in [2.24, 2.45) is 10.9 Å². The van der Waals surface area contributed by atoms with Crippen LogP contribution in [-0.4, -0.2) is 22.8 Å². The minimum absolute atomic E-state index is 0.272. The average molecular weight is 257 g/mol. The Labute approximate surface area is 109 Å². The van der Waals surface area contributed by atoms with E-state index in [4.69, 9.17) is 5.11 Å². The first-order valence-electron chi connectivity index (χ1n) is 6.48. The molecule has 0 aliphatic heterocycles. The molecule has 1 atom stereocenters. The maximum Gasteiger partial charge on any atom is 0.308 e. The first-order valence-corrected chi connectivity index (χ1v) is 6.89. The van der Waals surface area contributed by atoms with Gasteiger partial charge in [-0.3, -0.25) is 4.79 Å². The second-order valence-electron chi connectivity index (χ2n) is 4.38. The van der Waals surface area contributed by atoms with Crippen molar-refractivity contribution in [3.63, 3.8) is 0 Å². The van der Waals surface area contributed by atoms with E-state index in [1.54, 1.807) is 0 Å². The molecule has 0 amide bonds. The normalized spacial score (nSPS) is 11.8. The van der Waals surface area contributed by atoms with Crippen LogP contribution in [0.25, 0.3) is 0 Å². The molecule has 0 aliphatic rings. The summed E-state index contributed by atoms with van der Waals surface area (Å²) in [5.41, 5.74) is 0. The van der Waals surface area contributed by atoms with Gasteiger partial charge in [-0.2, -0.15) is 0 Å². The molecule has 4 heteroatoms. The molecule has 0 heterocycles. The molecule has 0 aromatic carbocycles. The lowest BCUT2D eigenvalue weighted by molar-refractivity contribution is -0.141. The molecular weight excluding hydrogens is 234 g/mol. The van der Waals surface area contributed by atoms with Crippen LogP contribution in [0.4, 0.5) is 0 Å². The Hall–Kier alpha value is -0.730. The number of hydrogen-bond donors (Lipinski definition) is 1. The number of nitrogens with zero attached hydrogens (tertiary/aromatic N) is 1. The topological polar surface area (TPSA) is 49.7 Å². The fraction of sp³-hybridized carbons (Fsp3) is 0.846. The number of hydrogen-bond acceptors (Lipinski definition) is 3. The summed E-state index contributed by atoms with van der Waals surface area (Å²) >= 11 is 4.44. The molecule has 0 aliphatic carbocycles. The number of aliphatic imine (C=N–C) groups is 1. The predicted octanol–water partition coefficient (Wildman–Crippen LogP) is 3.93. The summed E-state index contributed by atoms with van der Waals surface area (Å²) in [6.45, 7) is 2.48. The number of rotatable bonds is 11. The highest BCUT2D eigenvalue weighted by molar-refractivity contribution is 7.78. The standard InChI is InChI=1S/C13H23NO2S/c1-2-3-4-5-6-7-8-9-12(13(15)16)10-14-11-17/h12H,2-10H2,1H3,(H,15,16). The number of carboxylic acid groups (broad SMARTS) is 1. The summed E-state index contributed by atoms with van der Waals surface area (Å²) in [6.07, 6.45) is 9.13. The fourth-order valence-electron chi connectivity index (χ4n) is 1.79. The highest BCUT2D eigenvalue weighted by Crippen LogP contribution is 2.13. The molecule has 0 bridgehead atoms. The predicted molar refractivity (Wildman–Crippen MR) is 73.6 cm³/mol. The van der Waals surface area contributed by atoms with E-state index in [0.29, 0.717) is 6.42 Å². The van der Waals surface area contributed by atoms with Gasteiger partial charge in [0.1, 0.15) is 0 Å². The number of isothiocyanates is 1. The Balaban J connectivity index is 3.54. The Morgan fingerprint density at radius 2 is 1.82 bits per heavy atom. The molecule has 0 rings (SSSR count). The van der Waals surface area contributed by atoms with E-state index in [-0.39, 0.29) is 12.5 Å². The molecule has 0 fully saturated rings. The molecule has 0 aromatic rings. The van der Waals surface area contributed by atoms with E-state index in [1.807, 2.05) is 0 Å². The summed E-state index contributed by atoms with van der Waals surface area (Å²) in [7, 11) is 0. The fourth-order valence-corrected chi connectivity index (χ4v) is 1.86. The van der Waals surface area contributed by atoms with Crippen molar-refractivity contribution in [2.75, 3.05) is 6.54 Å². The Morgan fingerprint density at radius 1 is 1.24 bits per heavy atom. The summed E-state index contributed by atoms with van der Waals surface area (Å²) in [5, 5.41) is 11.2. The van der Waals surface area contributed by atoms with Crippen molar-refractivity contribution >= 4 is 23.3 Å². The number of aliphatic carboxylic acids is 1. The van der Waals surface area contributed by atoms with E-state index in [0.717, 1.165) is 12.8 Å². The Morgan fingerprint density at radius 3 is 2.35 bits per heavy atom. The monoisotopic (exact) mass is 257 g/mol. The lowest BCUT2D eigenvalue weighted by Crippen LogP contribution is -2.16. The minimum atomic E-state index is -0.773. The highest BCUT2D eigenvalue weighted by atomic mass is 32.1.